The SMILES string of the molecule is N#Cc1ccsc1NC(=O)CN1CSCC1=O. The first kappa shape index (κ1) is 12.0. The molecule has 0 radical (unpaired) electrons. The standard InChI is InChI=1S/C10H9N3O2S2/c11-3-7-1-2-17-10(7)12-8(14)4-13-6-16-5-9(13)15/h1-2H,4-6H2,(H,12,14). The molecule has 1 saturated heterocycles. The van der Waals surface area contributed by atoms with Crippen LogP contribution in [0.15, 0.2) is 11.4 Å². The van der Waals surface area contributed by atoms with Crippen LogP contribution in [-0.2, 0) is 9.59 Å². The van der Waals surface area contributed by atoms with E-state index in [-0.39, 0.29) is 18.4 Å². The highest BCUT2D eigenvalue weighted by atomic mass is 32.2. The van der Waals surface area contributed by atoms with Gasteiger partial charge in [-0.05, 0) is 11.4 Å². The van der Waals surface area contributed by atoms with E-state index in [0.29, 0.717) is 22.2 Å². The number of nitrogens with zero attached hydrogens (tertiary/aromatic N) is 2. The normalized spacial score (nSPS) is 14.8. The summed E-state index contributed by atoms with van der Waals surface area (Å²) in [7, 11) is 0. The van der Waals surface area contributed by atoms with Crippen molar-refractivity contribution in [3.63, 3.8) is 0 Å². The molecule has 2 rings (SSSR count). The molecule has 88 valence electrons. The second-order valence-corrected chi connectivity index (χ2v) is 5.26. The highest BCUT2D eigenvalue weighted by Gasteiger charge is 2.23. The summed E-state index contributed by atoms with van der Waals surface area (Å²) in [6, 6.07) is 3.64. The van der Waals surface area contributed by atoms with Crippen LogP contribution in [-0.4, -0.2) is 34.9 Å². The maximum Gasteiger partial charge on any atom is 0.244 e. The third-order valence-electron chi connectivity index (χ3n) is 2.20. The monoisotopic (exact) mass is 267 g/mol. The van der Waals surface area contributed by atoms with Gasteiger partial charge in [-0.2, -0.15) is 5.26 Å². The summed E-state index contributed by atoms with van der Waals surface area (Å²) in [6.45, 7) is 0.0502. The van der Waals surface area contributed by atoms with Crippen molar-refractivity contribution in [3.05, 3.63) is 17.0 Å². The van der Waals surface area contributed by atoms with Gasteiger partial charge in [0.05, 0.1) is 17.2 Å². The van der Waals surface area contributed by atoms with Crippen LogP contribution in [0.25, 0.3) is 0 Å². The fourth-order valence-electron chi connectivity index (χ4n) is 1.37. The van der Waals surface area contributed by atoms with Crippen molar-refractivity contribution in [3.8, 4) is 6.07 Å². The van der Waals surface area contributed by atoms with Crippen molar-refractivity contribution < 1.29 is 9.59 Å². The molecule has 0 atom stereocenters. The number of nitrogens with one attached hydrogen (secondary N) is 1. The number of hydrogen-bond acceptors (Lipinski definition) is 5. The van der Waals surface area contributed by atoms with Gasteiger partial charge in [0, 0.05) is 0 Å². The van der Waals surface area contributed by atoms with Gasteiger partial charge in [-0.3, -0.25) is 9.59 Å². The van der Waals surface area contributed by atoms with Crippen LogP contribution < -0.4 is 5.32 Å². The Morgan fingerprint density at radius 1 is 1.65 bits per heavy atom. The quantitative estimate of drug-likeness (QED) is 0.889. The van der Waals surface area contributed by atoms with Crippen LogP contribution in [0.1, 0.15) is 5.56 Å². The predicted octanol–water partition coefficient (Wildman–Crippen LogP) is 1.09. The van der Waals surface area contributed by atoms with Gasteiger partial charge in [0.2, 0.25) is 11.8 Å². The summed E-state index contributed by atoms with van der Waals surface area (Å²) in [4.78, 5) is 24.5. The zero-order chi connectivity index (χ0) is 12.3. The molecule has 1 aliphatic heterocycles. The Hall–Kier alpha value is -1.52. The molecule has 7 heteroatoms. The van der Waals surface area contributed by atoms with Gasteiger partial charge < -0.3 is 10.2 Å². The number of carbonyl (C=O) groups is 2. The van der Waals surface area contributed by atoms with Gasteiger partial charge in [-0.1, -0.05) is 0 Å². The Morgan fingerprint density at radius 2 is 2.47 bits per heavy atom. The minimum absolute atomic E-state index is 0.0168. The predicted molar refractivity (Wildman–Crippen MR) is 66.7 cm³/mol. The Bertz CT molecular complexity index is 492. The first-order chi connectivity index (χ1) is 8.20. The molecule has 1 aromatic heterocycles. The number of anilines is 1. The van der Waals surface area contributed by atoms with E-state index in [1.165, 1.54) is 28.0 Å². The number of nitriles is 1. The zero-order valence-corrected chi connectivity index (χ0v) is 10.4. The van der Waals surface area contributed by atoms with Crippen LogP contribution in [0.5, 0.6) is 0 Å². The van der Waals surface area contributed by atoms with E-state index >= 15 is 0 Å². The van der Waals surface area contributed by atoms with E-state index in [2.05, 4.69) is 5.32 Å². The molecule has 17 heavy (non-hydrogen) atoms. The molecular weight excluding hydrogens is 258 g/mol. The van der Waals surface area contributed by atoms with Crippen molar-refractivity contribution in [1.29, 1.82) is 5.26 Å². The summed E-state index contributed by atoms with van der Waals surface area (Å²) in [5, 5.41) is 13.7. The second-order valence-electron chi connectivity index (χ2n) is 3.39. The molecule has 1 N–H and O–H groups in total. The number of hydrogen-bond donors (Lipinski definition) is 1. The molecular formula is C10H9N3O2S2. The van der Waals surface area contributed by atoms with E-state index in [1.807, 2.05) is 6.07 Å². The van der Waals surface area contributed by atoms with Crippen LogP contribution in [0.3, 0.4) is 0 Å². The number of thioether (sulfide) groups is 1. The maximum atomic E-state index is 11.7. The Kier molecular flexibility index (Phi) is 3.66. The maximum absolute atomic E-state index is 11.7. The molecule has 1 fully saturated rings. The Labute approximate surface area is 106 Å². The average molecular weight is 267 g/mol. The van der Waals surface area contributed by atoms with Gasteiger partial charge in [0.15, 0.2) is 0 Å². The molecule has 0 unspecified atom stereocenters. The molecule has 2 heterocycles. The fraction of sp³-hybridized carbons (Fsp3) is 0.300. The number of amides is 2. The van der Waals surface area contributed by atoms with Crippen molar-refractivity contribution in [2.24, 2.45) is 0 Å². The molecule has 0 spiro atoms. The lowest BCUT2D eigenvalue weighted by Crippen LogP contribution is -2.34. The molecule has 2 amide bonds. The molecule has 1 aromatic rings. The van der Waals surface area contributed by atoms with Gasteiger partial charge in [0.25, 0.3) is 0 Å². The largest absolute Gasteiger partial charge is 0.323 e. The second kappa shape index (κ2) is 5.21. The van der Waals surface area contributed by atoms with Gasteiger partial charge in [-0.25, -0.2) is 0 Å². The van der Waals surface area contributed by atoms with Crippen molar-refractivity contribution >= 4 is 39.9 Å². The van der Waals surface area contributed by atoms with Crippen LogP contribution >= 0.6 is 23.1 Å². The topological polar surface area (TPSA) is 73.2 Å². The summed E-state index contributed by atoms with van der Waals surface area (Å²) in [5.41, 5.74) is 0.450. The van der Waals surface area contributed by atoms with Crippen LogP contribution in [0.2, 0.25) is 0 Å². The fourth-order valence-corrected chi connectivity index (χ4v) is 3.03. The van der Waals surface area contributed by atoms with Crippen molar-refractivity contribution in [2.75, 3.05) is 23.5 Å². The molecule has 1 aliphatic rings. The average Bonchev–Trinajstić information content (AvgIpc) is 2.89. The van der Waals surface area contributed by atoms with Gasteiger partial charge in [0.1, 0.15) is 17.6 Å². The minimum atomic E-state index is -0.264. The van der Waals surface area contributed by atoms with E-state index in [0.717, 1.165) is 0 Å². The van der Waals surface area contributed by atoms with Gasteiger partial charge in [-0.15, -0.1) is 23.1 Å². The summed E-state index contributed by atoms with van der Waals surface area (Å²) in [5.74, 6) is 0.717. The number of thiophene rings is 1. The van der Waals surface area contributed by atoms with Crippen molar-refractivity contribution in [1.82, 2.24) is 4.90 Å². The molecule has 0 saturated carbocycles. The summed E-state index contributed by atoms with van der Waals surface area (Å²) < 4.78 is 0. The Morgan fingerprint density at radius 3 is 3.12 bits per heavy atom. The van der Waals surface area contributed by atoms with E-state index in [1.54, 1.807) is 11.4 Å². The Balaban J connectivity index is 1.94. The number of rotatable bonds is 3. The minimum Gasteiger partial charge on any atom is -0.323 e. The van der Waals surface area contributed by atoms with E-state index in [4.69, 9.17) is 5.26 Å². The molecule has 0 aliphatic carbocycles. The van der Waals surface area contributed by atoms with Crippen LogP contribution in [0, 0.1) is 11.3 Å². The lowest BCUT2D eigenvalue weighted by Gasteiger charge is -2.13. The lowest BCUT2D eigenvalue weighted by molar-refractivity contribution is -0.130. The summed E-state index contributed by atoms with van der Waals surface area (Å²) in [6.07, 6.45) is 0. The summed E-state index contributed by atoms with van der Waals surface area (Å²) >= 11 is 2.79. The van der Waals surface area contributed by atoms with E-state index < -0.39 is 0 Å². The molecule has 5 nitrogen and oxygen atoms in total. The smallest absolute Gasteiger partial charge is 0.244 e. The third kappa shape index (κ3) is 2.78. The first-order valence-corrected chi connectivity index (χ1v) is 6.87. The highest BCUT2D eigenvalue weighted by Crippen LogP contribution is 2.22. The van der Waals surface area contributed by atoms with Crippen molar-refractivity contribution in [2.45, 2.75) is 0 Å². The van der Waals surface area contributed by atoms with E-state index in [9.17, 15) is 9.59 Å². The molecule has 0 aromatic carbocycles. The highest BCUT2D eigenvalue weighted by molar-refractivity contribution is 8.00. The lowest BCUT2D eigenvalue weighted by atomic mass is 10.3. The van der Waals surface area contributed by atoms with Crippen LogP contribution in [0.4, 0.5) is 5.00 Å². The first-order valence-electron chi connectivity index (χ1n) is 4.83. The number of carbonyl (C=O) groups excluding carboxylic acids is 2. The zero-order valence-electron chi connectivity index (χ0n) is 8.80. The van der Waals surface area contributed by atoms with Gasteiger partial charge >= 0.3 is 0 Å². The third-order valence-corrected chi connectivity index (χ3v) is 3.97. The molecule has 0 bridgehead atoms.